The Bertz CT molecular complexity index is 777. The first-order valence-electron chi connectivity index (χ1n) is 9.38. The summed E-state index contributed by atoms with van der Waals surface area (Å²) >= 11 is 6.04. The Morgan fingerprint density at radius 3 is 2.15 bits per heavy atom. The summed E-state index contributed by atoms with van der Waals surface area (Å²) in [5.41, 5.74) is 2.20. The van der Waals surface area contributed by atoms with Crippen molar-refractivity contribution in [3.63, 3.8) is 0 Å². The second-order valence-corrected chi connectivity index (χ2v) is 7.40. The van der Waals surface area contributed by atoms with Gasteiger partial charge in [-0.25, -0.2) is 0 Å². The predicted octanol–water partition coefficient (Wildman–Crippen LogP) is 3.94. The molecule has 0 aliphatic carbocycles. The van der Waals surface area contributed by atoms with Gasteiger partial charge in [0, 0.05) is 50.5 Å². The van der Waals surface area contributed by atoms with Crippen LogP contribution in [0.25, 0.3) is 0 Å². The van der Waals surface area contributed by atoms with Gasteiger partial charge in [-0.1, -0.05) is 54.1 Å². The van der Waals surface area contributed by atoms with Gasteiger partial charge in [0.25, 0.3) is 0 Å². The molecule has 0 unspecified atom stereocenters. The normalized spacial score (nSPS) is 15.9. The minimum absolute atomic E-state index is 0.0110. The van der Waals surface area contributed by atoms with Crippen LogP contribution in [0, 0.1) is 0 Å². The van der Waals surface area contributed by atoms with Gasteiger partial charge in [0.15, 0.2) is 0 Å². The number of benzene rings is 2. The third kappa shape index (κ3) is 5.10. The van der Waals surface area contributed by atoms with Crippen LogP contribution in [0.5, 0.6) is 0 Å². The number of carbonyl (C=O) groups excluding carboxylic acids is 2. The highest BCUT2D eigenvalue weighted by molar-refractivity contribution is 6.30. The monoisotopic (exact) mass is 384 g/mol. The van der Waals surface area contributed by atoms with Gasteiger partial charge in [-0.2, -0.15) is 0 Å². The summed E-state index contributed by atoms with van der Waals surface area (Å²) < 4.78 is 0. The van der Waals surface area contributed by atoms with Crippen LogP contribution in [0.2, 0.25) is 5.02 Å². The van der Waals surface area contributed by atoms with Gasteiger partial charge >= 0.3 is 0 Å². The molecule has 0 spiro atoms. The van der Waals surface area contributed by atoms with Crippen molar-refractivity contribution in [1.29, 1.82) is 0 Å². The molecule has 3 rings (SSSR count). The summed E-state index contributed by atoms with van der Waals surface area (Å²) in [7, 11) is 0. The van der Waals surface area contributed by atoms with Gasteiger partial charge in [-0.05, 0) is 29.7 Å². The molecule has 0 N–H and O–H groups in total. The van der Waals surface area contributed by atoms with E-state index in [1.54, 1.807) is 6.92 Å². The SMILES string of the molecule is CC(=O)N1CCCN(C(=O)C[C@H](c2ccccc2)c2ccc(Cl)cc2)CC1. The Balaban J connectivity index is 1.76. The Morgan fingerprint density at radius 2 is 1.48 bits per heavy atom. The van der Waals surface area contributed by atoms with Gasteiger partial charge in [-0.15, -0.1) is 0 Å². The van der Waals surface area contributed by atoms with Crippen molar-refractivity contribution in [3.05, 3.63) is 70.7 Å². The summed E-state index contributed by atoms with van der Waals surface area (Å²) in [5, 5.41) is 0.689. The molecule has 1 aliphatic rings. The molecule has 1 fully saturated rings. The number of halogens is 1. The first-order valence-corrected chi connectivity index (χ1v) is 9.76. The Hall–Kier alpha value is -2.33. The van der Waals surface area contributed by atoms with Gasteiger partial charge in [0.05, 0.1) is 0 Å². The zero-order chi connectivity index (χ0) is 19.2. The van der Waals surface area contributed by atoms with Gasteiger partial charge in [-0.3, -0.25) is 9.59 Å². The van der Waals surface area contributed by atoms with Crippen LogP contribution in [-0.2, 0) is 9.59 Å². The lowest BCUT2D eigenvalue weighted by Gasteiger charge is -2.25. The van der Waals surface area contributed by atoms with Crippen LogP contribution < -0.4 is 0 Å². The third-order valence-corrected chi connectivity index (χ3v) is 5.40. The van der Waals surface area contributed by atoms with Gasteiger partial charge in [0.1, 0.15) is 0 Å². The molecule has 1 aliphatic heterocycles. The van der Waals surface area contributed by atoms with Crippen molar-refractivity contribution < 1.29 is 9.59 Å². The van der Waals surface area contributed by atoms with Crippen LogP contribution in [0.1, 0.15) is 36.8 Å². The molecule has 1 saturated heterocycles. The van der Waals surface area contributed by atoms with E-state index < -0.39 is 0 Å². The fourth-order valence-electron chi connectivity index (χ4n) is 3.59. The highest BCUT2D eigenvalue weighted by atomic mass is 35.5. The van der Waals surface area contributed by atoms with E-state index in [1.165, 1.54) is 0 Å². The lowest BCUT2D eigenvalue weighted by Crippen LogP contribution is -2.37. The van der Waals surface area contributed by atoms with Gasteiger partial charge in [0.2, 0.25) is 11.8 Å². The van der Waals surface area contributed by atoms with Crippen LogP contribution in [0.4, 0.5) is 0 Å². The number of amides is 2. The molecule has 2 aromatic carbocycles. The summed E-state index contributed by atoms with van der Waals surface area (Å²) in [4.78, 5) is 28.4. The smallest absolute Gasteiger partial charge is 0.223 e. The highest BCUT2D eigenvalue weighted by Gasteiger charge is 2.24. The minimum atomic E-state index is -0.0110. The zero-order valence-electron chi connectivity index (χ0n) is 15.6. The summed E-state index contributed by atoms with van der Waals surface area (Å²) in [6, 6.07) is 17.8. The quantitative estimate of drug-likeness (QED) is 0.801. The topological polar surface area (TPSA) is 40.6 Å². The lowest BCUT2D eigenvalue weighted by atomic mass is 9.88. The standard InChI is InChI=1S/C22H25ClN2O2/c1-17(26)24-12-5-13-25(15-14-24)22(27)16-21(18-6-3-2-4-7-18)19-8-10-20(23)11-9-19/h2-4,6-11,21H,5,12-16H2,1H3/t21-/m1/s1. The van der Waals surface area contributed by atoms with E-state index in [0.717, 1.165) is 24.1 Å². The molecule has 4 nitrogen and oxygen atoms in total. The maximum absolute atomic E-state index is 13.0. The molecular weight excluding hydrogens is 360 g/mol. The van der Waals surface area contributed by atoms with Crippen LogP contribution in [-0.4, -0.2) is 47.8 Å². The molecule has 0 saturated carbocycles. The van der Waals surface area contributed by atoms with Crippen molar-refractivity contribution in [3.8, 4) is 0 Å². The van der Waals surface area contributed by atoms with Crippen molar-refractivity contribution >= 4 is 23.4 Å². The molecule has 2 amide bonds. The first kappa shape index (κ1) is 19.4. The second kappa shape index (κ2) is 9.05. The van der Waals surface area contributed by atoms with E-state index in [0.29, 0.717) is 31.1 Å². The molecule has 1 heterocycles. The Kier molecular flexibility index (Phi) is 6.51. The van der Waals surface area contributed by atoms with Crippen molar-refractivity contribution in [2.75, 3.05) is 26.2 Å². The maximum Gasteiger partial charge on any atom is 0.223 e. The Morgan fingerprint density at radius 1 is 0.889 bits per heavy atom. The molecule has 2 aromatic rings. The number of hydrogen-bond acceptors (Lipinski definition) is 2. The molecule has 27 heavy (non-hydrogen) atoms. The fourth-order valence-corrected chi connectivity index (χ4v) is 3.72. The van der Waals surface area contributed by atoms with E-state index in [9.17, 15) is 9.59 Å². The second-order valence-electron chi connectivity index (χ2n) is 6.96. The molecule has 0 radical (unpaired) electrons. The average molecular weight is 385 g/mol. The lowest BCUT2D eigenvalue weighted by molar-refractivity contribution is -0.132. The molecule has 0 bridgehead atoms. The molecule has 5 heteroatoms. The number of rotatable bonds is 4. The highest BCUT2D eigenvalue weighted by Crippen LogP contribution is 2.29. The first-order chi connectivity index (χ1) is 13.0. The molecule has 0 aromatic heterocycles. The maximum atomic E-state index is 13.0. The number of hydrogen-bond donors (Lipinski definition) is 0. The van der Waals surface area contributed by atoms with E-state index in [-0.39, 0.29) is 17.7 Å². The predicted molar refractivity (Wildman–Crippen MR) is 108 cm³/mol. The summed E-state index contributed by atoms with van der Waals surface area (Å²) in [6.45, 7) is 4.21. The Labute approximate surface area is 165 Å². The van der Waals surface area contributed by atoms with E-state index in [4.69, 9.17) is 11.6 Å². The molecule has 142 valence electrons. The fraction of sp³-hybridized carbons (Fsp3) is 0.364. The van der Waals surface area contributed by atoms with Crippen LogP contribution in [0.15, 0.2) is 54.6 Å². The van der Waals surface area contributed by atoms with Crippen molar-refractivity contribution in [2.45, 2.75) is 25.7 Å². The minimum Gasteiger partial charge on any atom is -0.341 e. The van der Waals surface area contributed by atoms with E-state index in [2.05, 4.69) is 12.1 Å². The molecular formula is C22H25ClN2O2. The van der Waals surface area contributed by atoms with E-state index >= 15 is 0 Å². The number of carbonyl (C=O) groups is 2. The van der Waals surface area contributed by atoms with Crippen LogP contribution >= 0.6 is 11.6 Å². The van der Waals surface area contributed by atoms with E-state index in [1.807, 2.05) is 52.3 Å². The number of nitrogens with zero attached hydrogens (tertiary/aromatic N) is 2. The summed E-state index contributed by atoms with van der Waals surface area (Å²) in [5.74, 6) is 0.194. The zero-order valence-corrected chi connectivity index (χ0v) is 16.4. The van der Waals surface area contributed by atoms with Gasteiger partial charge < -0.3 is 9.80 Å². The van der Waals surface area contributed by atoms with Crippen molar-refractivity contribution in [2.24, 2.45) is 0 Å². The average Bonchev–Trinajstić information content (AvgIpc) is 2.94. The van der Waals surface area contributed by atoms with Crippen molar-refractivity contribution in [1.82, 2.24) is 9.80 Å². The third-order valence-electron chi connectivity index (χ3n) is 5.15. The largest absolute Gasteiger partial charge is 0.341 e. The van der Waals surface area contributed by atoms with Crippen LogP contribution in [0.3, 0.4) is 0 Å². The molecule has 1 atom stereocenters. The summed E-state index contributed by atoms with van der Waals surface area (Å²) in [6.07, 6.45) is 1.23.